The van der Waals surface area contributed by atoms with Crippen LogP contribution in [0, 0.1) is 6.92 Å². The van der Waals surface area contributed by atoms with Gasteiger partial charge in [-0.15, -0.1) is 0 Å². The molecule has 0 saturated heterocycles. The summed E-state index contributed by atoms with van der Waals surface area (Å²) in [4.78, 5) is 28.5. The molecule has 6 nitrogen and oxygen atoms in total. The van der Waals surface area contributed by atoms with E-state index in [9.17, 15) is 9.59 Å². The molecular formula is C31H38N2O4. The molecule has 1 unspecified atom stereocenters. The van der Waals surface area contributed by atoms with Crippen molar-refractivity contribution in [2.75, 3.05) is 20.3 Å². The summed E-state index contributed by atoms with van der Waals surface area (Å²) in [6, 6.07) is 23.0. The highest BCUT2D eigenvalue weighted by Crippen LogP contribution is 2.29. The molecule has 0 heterocycles. The third-order valence-electron chi connectivity index (χ3n) is 6.19. The molecule has 0 fully saturated rings. The third kappa shape index (κ3) is 8.10. The standard InChI is InChI=1S/C31H38N2O4/c1-5-36-28-17-15-25(21-29(28)37-6-2)16-18-30(34)33(22-26-14-10-11-23(3)19-26)27(31(35)32-4)20-24-12-8-7-9-13-24/h7-15,17,19,21,27H,5-6,16,18,20,22H2,1-4H3,(H,32,35). The summed E-state index contributed by atoms with van der Waals surface area (Å²) < 4.78 is 11.4. The summed E-state index contributed by atoms with van der Waals surface area (Å²) in [7, 11) is 1.62. The van der Waals surface area contributed by atoms with E-state index in [1.807, 2.05) is 87.5 Å². The van der Waals surface area contributed by atoms with Crippen LogP contribution in [0.2, 0.25) is 0 Å². The topological polar surface area (TPSA) is 67.9 Å². The number of likely N-dealkylation sites (N-methyl/N-ethyl adjacent to an activating group) is 1. The van der Waals surface area contributed by atoms with Gasteiger partial charge in [0.05, 0.1) is 13.2 Å². The second-order valence-electron chi connectivity index (χ2n) is 8.98. The fourth-order valence-electron chi connectivity index (χ4n) is 4.37. The van der Waals surface area contributed by atoms with Crippen molar-refractivity contribution < 1.29 is 19.1 Å². The first kappa shape index (κ1) is 27.8. The van der Waals surface area contributed by atoms with Gasteiger partial charge in [-0.2, -0.15) is 0 Å². The number of nitrogens with one attached hydrogen (secondary N) is 1. The molecule has 3 aromatic carbocycles. The van der Waals surface area contributed by atoms with Crippen LogP contribution in [0.1, 0.15) is 42.5 Å². The van der Waals surface area contributed by atoms with Crippen molar-refractivity contribution in [3.63, 3.8) is 0 Å². The van der Waals surface area contributed by atoms with E-state index in [0.29, 0.717) is 44.1 Å². The molecule has 6 heteroatoms. The normalized spacial score (nSPS) is 11.5. The zero-order valence-electron chi connectivity index (χ0n) is 22.3. The monoisotopic (exact) mass is 502 g/mol. The second-order valence-corrected chi connectivity index (χ2v) is 8.98. The summed E-state index contributed by atoms with van der Waals surface area (Å²) in [5.41, 5.74) is 4.10. The minimum atomic E-state index is -0.625. The molecule has 1 atom stereocenters. The Morgan fingerprint density at radius 2 is 1.54 bits per heavy atom. The lowest BCUT2D eigenvalue weighted by molar-refractivity contribution is -0.141. The molecule has 0 aliphatic rings. The smallest absolute Gasteiger partial charge is 0.242 e. The lowest BCUT2D eigenvalue weighted by Gasteiger charge is -2.31. The molecule has 0 bridgehead atoms. The number of rotatable bonds is 13. The first-order valence-corrected chi connectivity index (χ1v) is 12.9. The lowest BCUT2D eigenvalue weighted by atomic mass is 10.0. The Morgan fingerprint density at radius 1 is 0.838 bits per heavy atom. The van der Waals surface area contributed by atoms with Crippen LogP contribution >= 0.6 is 0 Å². The van der Waals surface area contributed by atoms with Crippen molar-refractivity contribution in [2.24, 2.45) is 0 Å². The third-order valence-corrected chi connectivity index (χ3v) is 6.19. The minimum absolute atomic E-state index is 0.0714. The van der Waals surface area contributed by atoms with Crippen molar-refractivity contribution >= 4 is 11.8 Å². The highest BCUT2D eigenvalue weighted by Gasteiger charge is 2.29. The van der Waals surface area contributed by atoms with Crippen LogP contribution in [-0.2, 0) is 29.0 Å². The molecule has 0 aliphatic carbocycles. The van der Waals surface area contributed by atoms with Gasteiger partial charge >= 0.3 is 0 Å². The number of ether oxygens (including phenoxy) is 2. The molecule has 3 rings (SSSR count). The predicted molar refractivity (Wildman–Crippen MR) is 147 cm³/mol. The van der Waals surface area contributed by atoms with E-state index >= 15 is 0 Å². The van der Waals surface area contributed by atoms with Gasteiger partial charge in [0.2, 0.25) is 11.8 Å². The summed E-state index contributed by atoms with van der Waals surface area (Å²) in [6.45, 7) is 7.33. The van der Waals surface area contributed by atoms with E-state index in [-0.39, 0.29) is 18.2 Å². The fourth-order valence-corrected chi connectivity index (χ4v) is 4.37. The van der Waals surface area contributed by atoms with Crippen LogP contribution in [0.4, 0.5) is 0 Å². The molecule has 37 heavy (non-hydrogen) atoms. The van der Waals surface area contributed by atoms with Crippen LogP contribution in [0.25, 0.3) is 0 Å². The van der Waals surface area contributed by atoms with E-state index in [1.54, 1.807) is 11.9 Å². The van der Waals surface area contributed by atoms with Gasteiger partial charge in [-0.1, -0.05) is 66.2 Å². The van der Waals surface area contributed by atoms with Crippen molar-refractivity contribution in [3.8, 4) is 11.5 Å². The van der Waals surface area contributed by atoms with Crippen LogP contribution < -0.4 is 14.8 Å². The van der Waals surface area contributed by atoms with Crippen LogP contribution in [0.15, 0.2) is 72.8 Å². The van der Waals surface area contributed by atoms with Gasteiger partial charge in [-0.05, 0) is 56.0 Å². The number of hydrogen-bond donors (Lipinski definition) is 1. The number of carbonyl (C=O) groups excluding carboxylic acids is 2. The van der Waals surface area contributed by atoms with E-state index in [0.717, 1.165) is 22.3 Å². The van der Waals surface area contributed by atoms with Gasteiger partial charge in [0.1, 0.15) is 6.04 Å². The van der Waals surface area contributed by atoms with Crippen molar-refractivity contribution in [2.45, 2.75) is 52.6 Å². The van der Waals surface area contributed by atoms with Crippen molar-refractivity contribution in [1.82, 2.24) is 10.2 Å². The Balaban J connectivity index is 1.86. The first-order valence-electron chi connectivity index (χ1n) is 12.9. The lowest BCUT2D eigenvalue weighted by Crippen LogP contribution is -2.49. The summed E-state index contributed by atoms with van der Waals surface area (Å²) in [6.07, 6.45) is 1.24. The molecule has 0 saturated carbocycles. The summed E-state index contributed by atoms with van der Waals surface area (Å²) >= 11 is 0. The van der Waals surface area contributed by atoms with E-state index in [1.165, 1.54) is 0 Å². The van der Waals surface area contributed by atoms with Gasteiger partial charge in [0.15, 0.2) is 11.5 Å². The number of aryl methyl sites for hydroxylation is 2. The zero-order chi connectivity index (χ0) is 26.6. The second kappa shape index (κ2) is 14.1. The maximum Gasteiger partial charge on any atom is 0.242 e. The molecular weight excluding hydrogens is 464 g/mol. The maximum atomic E-state index is 13.7. The summed E-state index contributed by atoms with van der Waals surface area (Å²) in [5, 5.41) is 2.77. The number of carbonyl (C=O) groups is 2. The number of amides is 2. The Hall–Kier alpha value is -3.80. The number of hydrogen-bond acceptors (Lipinski definition) is 4. The van der Waals surface area contributed by atoms with Gasteiger partial charge in [-0.25, -0.2) is 0 Å². The van der Waals surface area contributed by atoms with Crippen molar-refractivity contribution in [1.29, 1.82) is 0 Å². The highest BCUT2D eigenvalue weighted by molar-refractivity contribution is 5.88. The SMILES string of the molecule is CCOc1ccc(CCC(=O)N(Cc2cccc(C)c2)C(Cc2ccccc2)C(=O)NC)cc1OCC. The van der Waals surface area contributed by atoms with Crippen LogP contribution in [0.5, 0.6) is 11.5 Å². The van der Waals surface area contributed by atoms with Gasteiger partial charge < -0.3 is 19.7 Å². The highest BCUT2D eigenvalue weighted by atomic mass is 16.5. The Morgan fingerprint density at radius 3 is 2.22 bits per heavy atom. The Bertz CT molecular complexity index is 1160. The van der Waals surface area contributed by atoms with Gasteiger partial charge in [0.25, 0.3) is 0 Å². The molecule has 2 amide bonds. The van der Waals surface area contributed by atoms with Crippen LogP contribution in [0.3, 0.4) is 0 Å². The minimum Gasteiger partial charge on any atom is -0.490 e. The van der Waals surface area contributed by atoms with Gasteiger partial charge in [0, 0.05) is 26.4 Å². The molecule has 0 radical (unpaired) electrons. The van der Waals surface area contributed by atoms with Crippen LogP contribution in [-0.4, -0.2) is 43.0 Å². The zero-order valence-corrected chi connectivity index (χ0v) is 22.3. The fraction of sp³-hybridized carbons (Fsp3) is 0.355. The Kier molecular flexibility index (Phi) is 10.6. The van der Waals surface area contributed by atoms with E-state index < -0.39 is 6.04 Å². The first-order chi connectivity index (χ1) is 17.9. The molecule has 196 valence electrons. The molecule has 3 aromatic rings. The quantitative estimate of drug-likeness (QED) is 0.353. The van der Waals surface area contributed by atoms with E-state index in [2.05, 4.69) is 11.4 Å². The van der Waals surface area contributed by atoms with Gasteiger partial charge in [-0.3, -0.25) is 9.59 Å². The predicted octanol–water partition coefficient (Wildman–Crippen LogP) is 5.11. The largest absolute Gasteiger partial charge is 0.490 e. The average Bonchev–Trinajstić information content (AvgIpc) is 2.91. The molecule has 0 aliphatic heterocycles. The summed E-state index contributed by atoms with van der Waals surface area (Å²) in [5.74, 6) is 1.13. The molecule has 1 N–H and O–H groups in total. The molecule has 0 aromatic heterocycles. The number of benzene rings is 3. The maximum absolute atomic E-state index is 13.7. The number of nitrogens with zero attached hydrogens (tertiary/aromatic N) is 1. The van der Waals surface area contributed by atoms with E-state index in [4.69, 9.17) is 9.47 Å². The average molecular weight is 503 g/mol. The molecule has 0 spiro atoms. The Labute approximate surface area is 220 Å². The van der Waals surface area contributed by atoms with Crippen molar-refractivity contribution in [3.05, 3.63) is 95.1 Å².